The predicted molar refractivity (Wildman–Crippen MR) is 63.0 cm³/mol. The van der Waals surface area contributed by atoms with Crippen LogP contribution >= 0.6 is 0 Å². The van der Waals surface area contributed by atoms with Crippen molar-refractivity contribution in [1.29, 1.82) is 0 Å². The molecule has 0 spiro atoms. The molecule has 4 N–H and O–H groups in total. The summed E-state index contributed by atoms with van der Waals surface area (Å²) in [5.41, 5.74) is 6.03. The molecule has 0 bridgehead atoms. The quantitative estimate of drug-likeness (QED) is 0.626. The van der Waals surface area contributed by atoms with Gasteiger partial charge in [-0.05, 0) is 12.0 Å². The Hall–Kier alpha value is -1.88. The maximum Gasteiger partial charge on any atom is 0.242 e. The van der Waals surface area contributed by atoms with Crippen molar-refractivity contribution < 1.29 is 14.7 Å². The van der Waals surface area contributed by atoms with Crippen molar-refractivity contribution in [3.05, 3.63) is 35.9 Å². The lowest BCUT2D eigenvalue weighted by Crippen LogP contribution is -2.46. The van der Waals surface area contributed by atoms with Crippen LogP contribution in [-0.4, -0.2) is 29.6 Å². The molecule has 0 unspecified atom stereocenters. The highest BCUT2D eigenvalue weighted by Crippen LogP contribution is 2.02. The van der Waals surface area contributed by atoms with E-state index in [4.69, 9.17) is 10.8 Å². The summed E-state index contributed by atoms with van der Waals surface area (Å²) in [5, 5.41) is 11.2. The summed E-state index contributed by atoms with van der Waals surface area (Å²) < 4.78 is 0. The van der Waals surface area contributed by atoms with Crippen LogP contribution in [0.3, 0.4) is 0 Å². The third kappa shape index (κ3) is 4.65. The first kappa shape index (κ1) is 13.2. The molecule has 0 heterocycles. The second-order valence-corrected chi connectivity index (χ2v) is 3.69. The van der Waals surface area contributed by atoms with Gasteiger partial charge in [-0.15, -0.1) is 0 Å². The lowest BCUT2D eigenvalue weighted by Gasteiger charge is -2.12. The van der Waals surface area contributed by atoms with Gasteiger partial charge in [0.25, 0.3) is 0 Å². The number of carbonyl (C=O) groups is 2. The molecule has 0 aromatic heterocycles. The van der Waals surface area contributed by atoms with E-state index >= 15 is 0 Å². The van der Waals surface area contributed by atoms with Gasteiger partial charge in [0.1, 0.15) is 6.04 Å². The second kappa shape index (κ2) is 6.65. The summed E-state index contributed by atoms with van der Waals surface area (Å²) in [5.74, 6) is -1.03. The van der Waals surface area contributed by atoms with Crippen LogP contribution in [0.15, 0.2) is 30.3 Å². The molecule has 0 saturated heterocycles. The number of benzene rings is 1. The van der Waals surface area contributed by atoms with Gasteiger partial charge in [0, 0.05) is 6.42 Å². The van der Waals surface area contributed by atoms with E-state index in [9.17, 15) is 9.59 Å². The fraction of sp³-hybridized carbons (Fsp3) is 0.333. The van der Waals surface area contributed by atoms with E-state index in [1.165, 1.54) is 0 Å². The van der Waals surface area contributed by atoms with Crippen molar-refractivity contribution >= 4 is 11.8 Å². The lowest BCUT2D eigenvalue weighted by atomic mass is 10.1. The number of carbonyl (C=O) groups excluding carboxylic acids is 2. The molecule has 5 heteroatoms. The molecule has 0 radical (unpaired) electrons. The topological polar surface area (TPSA) is 92.4 Å². The van der Waals surface area contributed by atoms with Crippen LogP contribution in [0, 0.1) is 0 Å². The zero-order valence-electron chi connectivity index (χ0n) is 9.43. The smallest absolute Gasteiger partial charge is 0.242 e. The van der Waals surface area contributed by atoms with E-state index in [2.05, 4.69) is 5.32 Å². The van der Waals surface area contributed by atoms with Crippen LogP contribution < -0.4 is 11.1 Å². The molecule has 0 aliphatic rings. The molecule has 1 aromatic carbocycles. The van der Waals surface area contributed by atoms with Crippen molar-refractivity contribution in [2.24, 2.45) is 5.73 Å². The number of hydrogen-bond donors (Lipinski definition) is 3. The Morgan fingerprint density at radius 3 is 2.47 bits per heavy atom. The number of aliphatic hydroxyl groups excluding tert-OH is 1. The van der Waals surface area contributed by atoms with E-state index < -0.39 is 18.6 Å². The molecule has 0 saturated carbocycles. The number of primary amides is 1. The van der Waals surface area contributed by atoms with Crippen LogP contribution in [0.4, 0.5) is 0 Å². The Morgan fingerprint density at radius 2 is 1.94 bits per heavy atom. The highest BCUT2D eigenvalue weighted by atomic mass is 16.3. The molecule has 5 nitrogen and oxygen atoms in total. The average Bonchev–Trinajstić information content (AvgIpc) is 2.34. The lowest BCUT2D eigenvalue weighted by molar-refractivity contribution is -0.128. The fourth-order valence-electron chi connectivity index (χ4n) is 1.38. The molecule has 0 fully saturated rings. The number of aryl methyl sites for hydroxylation is 1. The van der Waals surface area contributed by atoms with Gasteiger partial charge in [-0.25, -0.2) is 0 Å². The molecular formula is C12H16N2O3. The number of aliphatic hydroxyl groups is 1. The van der Waals surface area contributed by atoms with Crippen LogP contribution in [-0.2, 0) is 16.0 Å². The molecule has 17 heavy (non-hydrogen) atoms. The van der Waals surface area contributed by atoms with Gasteiger partial charge in [-0.1, -0.05) is 30.3 Å². The van der Waals surface area contributed by atoms with Gasteiger partial charge in [-0.3, -0.25) is 9.59 Å². The number of amides is 2. The van der Waals surface area contributed by atoms with Crippen molar-refractivity contribution in [3.63, 3.8) is 0 Å². The third-order valence-electron chi connectivity index (χ3n) is 2.34. The molecule has 2 amide bonds. The summed E-state index contributed by atoms with van der Waals surface area (Å²) in [6, 6.07) is 8.53. The molecule has 1 atom stereocenters. The van der Waals surface area contributed by atoms with Gasteiger partial charge in [0.05, 0.1) is 6.61 Å². The van der Waals surface area contributed by atoms with Crippen molar-refractivity contribution in [1.82, 2.24) is 5.32 Å². The first-order chi connectivity index (χ1) is 8.13. The molecular weight excluding hydrogens is 220 g/mol. The van der Waals surface area contributed by atoms with Gasteiger partial charge in [0.15, 0.2) is 0 Å². The number of hydrogen-bond acceptors (Lipinski definition) is 3. The number of nitrogens with two attached hydrogens (primary N) is 1. The minimum Gasteiger partial charge on any atom is -0.394 e. The first-order valence-electron chi connectivity index (χ1n) is 5.37. The summed E-state index contributed by atoms with van der Waals surface area (Å²) in [6.45, 7) is -0.480. The molecule has 1 aromatic rings. The third-order valence-corrected chi connectivity index (χ3v) is 2.34. The van der Waals surface area contributed by atoms with Crippen LogP contribution in [0.5, 0.6) is 0 Å². The Bertz CT molecular complexity index is 379. The zero-order valence-corrected chi connectivity index (χ0v) is 9.43. The largest absolute Gasteiger partial charge is 0.394 e. The van der Waals surface area contributed by atoms with E-state index in [1.807, 2.05) is 30.3 Å². The van der Waals surface area contributed by atoms with Gasteiger partial charge >= 0.3 is 0 Å². The van der Waals surface area contributed by atoms with Crippen molar-refractivity contribution in [2.75, 3.05) is 6.61 Å². The molecule has 92 valence electrons. The number of nitrogens with one attached hydrogen (secondary N) is 1. The highest BCUT2D eigenvalue weighted by Gasteiger charge is 2.16. The SMILES string of the molecule is NC(=O)[C@H](CO)NC(=O)CCc1ccccc1. The van der Waals surface area contributed by atoms with Gasteiger partial charge in [-0.2, -0.15) is 0 Å². The Morgan fingerprint density at radius 1 is 1.29 bits per heavy atom. The normalized spacial score (nSPS) is 11.8. The minimum absolute atomic E-state index is 0.258. The van der Waals surface area contributed by atoms with Gasteiger partial charge < -0.3 is 16.2 Å². The maximum atomic E-state index is 11.5. The van der Waals surface area contributed by atoms with E-state index in [0.717, 1.165) is 5.56 Å². The van der Waals surface area contributed by atoms with Crippen LogP contribution in [0.25, 0.3) is 0 Å². The van der Waals surface area contributed by atoms with Crippen molar-refractivity contribution in [2.45, 2.75) is 18.9 Å². The molecule has 1 rings (SSSR count). The zero-order chi connectivity index (χ0) is 12.7. The van der Waals surface area contributed by atoms with E-state index in [-0.39, 0.29) is 12.3 Å². The van der Waals surface area contributed by atoms with Crippen molar-refractivity contribution in [3.8, 4) is 0 Å². The molecule has 0 aliphatic heterocycles. The van der Waals surface area contributed by atoms with E-state index in [1.54, 1.807) is 0 Å². The summed E-state index contributed by atoms with van der Waals surface area (Å²) in [6.07, 6.45) is 0.845. The maximum absolute atomic E-state index is 11.5. The number of rotatable bonds is 6. The summed E-state index contributed by atoms with van der Waals surface area (Å²) >= 11 is 0. The fourth-order valence-corrected chi connectivity index (χ4v) is 1.38. The predicted octanol–water partition coefficient (Wildman–Crippen LogP) is -0.418. The first-order valence-corrected chi connectivity index (χ1v) is 5.37. The minimum atomic E-state index is -1.00. The molecule has 0 aliphatic carbocycles. The average molecular weight is 236 g/mol. The summed E-state index contributed by atoms with van der Waals surface area (Å²) in [4.78, 5) is 22.2. The van der Waals surface area contributed by atoms with Crippen LogP contribution in [0.1, 0.15) is 12.0 Å². The standard InChI is InChI=1S/C12H16N2O3/c13-12(17)10(8-15)14-11(16)7-6-9-4-2-1-3-5-9/h1-5,10,15H,6-8H2,(H2,13,17)(H,14,16)/t10-/m0/s1. The monoisotopic (exact) mass is 236 g/mol. The highest BCUT2D eigenvalue weighted by molar-refractivity contribution is 5.86. The summed E-state index contributed by atoms with van der Waals surface area (Å²) in [7, 11) is 0. The Labute approximate surface area is 99.6 Å². The van der Waals surface area contributed by atoms with E-state index in [0.29, 0.717) is 6.42 Å². The van der Waals surface area contributed by atoms with Crippen LogP contribution in [0.2, 0.25) is 0 Å². The van der Waals surface area contributed by atoms with Gasteiger partial charge in [0.2, 0.25) is 11.8 Å². The Balaban J connectivity index is 2.37. The second-order valence-electron chi connectivity index (χ2n) is 3.69. The Kier molecular flexibility index (Phi) is 5.16.